The molecule has 2 rings (SSSR count). The molecule has 0 radical (unpaired) electrons. The minimum Gasteiger partial charge on any atom is -0.496 e. The molecule has 15 heteroatoms. The average Bonchev–Trinajstić information content (AvgIpc) is 2.93. The number of non-ortho nitro benzene ring substituents is 1. The van der Waals surface area contributed by atoms with Gasteiger partial charge in [0.15, 0.2) is 6.10 Å². The van der Waals surface area contributed by atoms with E-state index < -0.39 is 46.6 Å². The number of rotatable bonds is 13. The number of benzene rings is 2. The van der Waals surface area contributed by atoms with Crippen LogP contribution in [0.2, 0.25) is 0 Å². The van der Waals surface area contributed by atoms with E-state index in [0.29, 0.717) is 29.0 Å². The van der Waals surface area contributed by atoms with Crippen LogP contribution in [0.4, 0.5) is 14.5 Å². The van der Waals surface area contributed by atoms with Gasteiger partial charge in [0.1, 0.15) is 11.5 Å². The van der Waals surface area contributed by atoms with Gasteiger partial charge in [-0.25, -0.2) is 9.59 Å². The van der Waals surface area contributed by atoms with E-state index in [1.54, 1.807) is 43.3 Å². The normalized spacial score (nSPS) is 11.5. The van der Waals surface area contributed by atoms with Gasteiger partial charge in [-0.2, -0.15) is 8.78 Å². The van der Waals surface area contributed by atoms with Crippen LogP contribution in [0.5, 0.6) is 11.5 Å². The highest BCUT2D eigenvalue weighted by Gasteiger charge is 2.24. The number of aliphatic carboxylic acids is 3. The first-order valence-corrected chi connectivity index (χ1v) is 12.7. The molecule has 230 valence electrons. The quantitative estimate of drug-likeness (QED) is 0.0694. The van der Waals surface area contributed by atoms with Crippen molar-refractivity contribution in [1.29, 1.82) is 0 Å². The van der Waals surface area contributed by atoms with E-state index in [1.807, 2.05) is 15.9 Å². The Balaban J connectivity index is 0.000000631. The van der Waals surface area contributed by atoms with Gasteiger partial charge in [-0.05, 0) is 40.0 Å². The van der Waals surface area contributed by atoms with Gasteiger partial charge in [0.25, 0.3) is 5.69 Å². The number of aliphatic hydroxyl groups is 1. The minimum absolute atomic E-state index is 0.00404. The number of allylic oxidation sites excluding steroid dienone is 2. The summed E-state index contributed by atoms with van der Waals surface area (Å²) in [6.07, 6.45) is 3.74. The van der Waals surface area contributed by atoms with Crippen molar-refractivity contribution in [3.63, 3.8) is 0 Å². The third-order valence-corrected chi connectivity index (χ3v) is 5.09. The third-order valence-electron chi connectivity index (χ3n) is 4.70. The lowest BCUT2D eigenvalue weighted by atomic mass is 10.2. The summed E-state index contributed by atoms with van der Waals surface area (Å²) in [7, 11) is 1.48. The molecular weight excluding hydrogens is 632 g/mol. The topological polar surface area (TPSA) is 194 Å². The summed E-state index contributed by atoms with van der Waals surface area (Å²) in [6, 6.07) is 10.9. The number of nitro groups is 1. The second-order valence-electron chi connectivity index (χ2n) is 7.90. The Morgan fingerprint density at radius 3 is 2.24 bits per heavy atom. The molecule has 0 aliphatic carbocycles. The van der Waals surface area contributed by atoms with Crippen LogP contribution in [0.1, 0.15) is 37.3 Å². The van der Waals surface area contributed by atoms with Crippen LogP contribution in [-0.2, 0) is 21.0 Å². The lowest BCUT2D eigenvalue weighted by Crippen LogP contribution is -2.25. The summed E-state index contributed by atoms with van der Waals surface area (Å²) in [5.74, 6) is -2.37. The molecule has 12 nitrogen and oxygen atoms in total. The number of ether oxygens (including phenoxy) is 2. The van der Waals surface area contributed by atoms with Crippen molar-refractivity contribution in [3.05, 3.63) is 81.9 Å². The highest BCUT2D eigenvalue weighted by Crippen LogP contribution is 2.27. The molecule has 0 saturated carbocycles. The number of alkyl halides is 3. The van der Waals surface area contributed by atoms with Crippen molar-refractivity contribution in [1.82, 2.24) is 0 Å². The molecule has 0 heterocycles. The number of methoxy groups -OCH3 is 1. The third kappa shape index (κ3) is 17.3. The van der Waals surface area contributed by atoms with E-state index in [0.717, 1.165) is 6.08 Å². The SMILES string of the molecule is CCC(Oc1ccc(CO)c(OC)c1)C(=O)O.O=C(O)C=CC=Cc1cccc([N+](=O)[O-])c1.O=C(O)CCC(F)(F)Br. The van der Waals surface area contributed by atoms with Crippen LogP contribution in [-0.4, -0.2) is 61.3 Å². The van der Waals surface area contributed by atoms with E-state index in [9.17, 15) is 33.3 Å². The van der Waals surface area contributed by atoms with Crippen molar-refractivity contribution in [2.24, 2.45) is 0 Å². The second kappa shape index (κ2) is 19.7. The number of nitrogens with zero attached hydrogens (tertiary/aromatic N) is 1. The highest BCUT2D eigenvalue weighted by atomic mass is 79.9. The monoisotopic (exact) mass is 661 g/mol. The van der Waals surface area contributed by atoms with Gasteiger partial charge >= 0.3 is 22.7 Å². The molecule has 2 aromatic carbocycles. The van der Waals surface area contributed by atoms with Crippen LogP contribution >= 0.6 is 15.9 Å². The van der Waals surface area contributed by atoms with E-state index in [1.165, 1.54) is 31.4 Å². The van der Waals surface area contributed by atoms with Crippen LogP contribution < -0.4 is 9.47 Å². The molecular formula is C27H30BrF2NO11. The van der Waals surface area contributed by atoms with Crippen LogP contribution in [0.15, 0.2) is 60.7 Å². The number of nitro benzene ring substituents is 1. The lowest BCUT2D eigenvalue weighted by Gasteiger charge is -2.14. The molecule has 42 heavy (non-hydrogen) atoms. The van der Waals surface area contributed by atoms with Crippen LogP contribution in [0.25, 0.3) is 6.08 Å². The summed E-state index contributed by atoms with van der Waals surface area (Å²) < 4.78 is 33.8. The van der Waals surface area contributed by atoms with Gasteiger partial charge in [0.05, 0.1) is 25.1 Å². The fraction of sp³-hybridized carbons (Fsp3) is 0.296. The Kier molecular flexibility index (Phi) is 17.6. The number of halogens is 3. The van der Waals surface area contributed by atoms with E-state index in [2.05, 4.69) is 0 Å². The molecule has 2 aromatic rings. The lowest BCUT2D eigenvalue weighted by molar-refractivity contribution is -0.384. The Morgan fingerprint density at radius 2 is 1.79 bits per heavy atom. The fourth-order valence-corrected chi connectivity index (χ4v) is 2.89. The molecule has 0 saturated heterocycles. The first-order valence-electron chi connectivity index (χ1n) is 11.9. The van der Waals surface area contributed by atoms with Crippen LogP contribution in [0, 0.1) is 10.1 Å². The molecule has 1 unspecified atom stereocenters. The largest absolute Gasteiger partial charge is 0.496 e. The van der Waals surface area contributed by atoms with E-state index >= 15 is 0 Å². The van der Waals surface area contributed by atoms with Gasteiger partial charge in [-0.15, -0.1) is 0 Å². The van der Waals surface area contributed by atoms with Crippen LogP contribution in [0.3, 0.4) is 0 Å². The predicted octanol–water partition coefficient (Wildman–Crippen LogP) is 5.52. The zero-order chi connectivity index (χ0) is 32.3. The molecule has 0 bridgehead atoms. The van der Waals surface area contributed by atoms with Crippen molar-refractivity contribution >= 4 is 45.6 Å². The highest BCUT2D eigenvalue weighted by molar-refractivity contribution is 9.10. The van der Waals surface area contributed by atoms with Crippen molar-refractivity contribution in [2.45, 2.75) is 43.7 Å². The molecule has 0 spiro atoms. The van der Waals surface area contributed by atoms with Crippen molar-refractivity contribution in [3.8, 4) is 11.5 Å². The Morgan fingerprint density at radius 1 is 1.12 bits per heavy atom. The Hall–Kier alpha value is -4.37. The predicted molar refractivity (Wildman–Crippen MR) is 151 cm³/mol. The number of carboxylic acids is 3. The molecule has 0 fully saturated rings. The minimum atomic E-state index is -3.04. The maximum absolute atomic E-state index is 11.7. The zero-order valence-corrected chi connectivity index (χ0v) is 24.1. The van der Waals surface area contributed by atoms with Gasteiger partial charge in [-0.1, -0.05) is 37.3 Å². The maximum atomic E-state index is 11.7. The Bertz CT molecular complexity index is 1250. The number of aliphatic hydroxyl groups excluding tert-OH is 1. The molecule has 0 aliphatic heterocycles. The maximum Gasteiger partial charge on any atom is 0.344 e. The number of hydrogen-bond donors (Lipinski definition) is 4. The summed E-state index contributed by atoms with van der Waals surface area (Å²) >= 11 is 2.01. The fourth-order valence-electron chi connectivity index (χ4n) is 2.70. The summed E-state index contributed by atoms with van der Waals surface area (Å²) in [5, 5.41) is 44.6. The van der Waals surface area contributed by atoms with Crippen molar-refractivity contribution in [2.75, 3.05) is 7.11 Å². The summed E-state index contributed by atoms with van der Waals surface area (Å²) in [6.45, 7) is 1.59. The van der Waals surface area contributed by atoms with E-state index in [4.69, 9.17) is 29.9 Å². The first kappa shape index (κ1) is 37.6. The molecule has 0 aliphatic rings. The van der Waals surface area contributed by atoms with Gasteiger partial charge in [0.2, 0.25) is 0 Å². The van der Waals surface area contributed by atoms with E-state index in [-0.39, 0.29) is 12.3 Å². The van der Waals surface area contributed by atoms with Crippen molar-refractivity contribution < 1.29 is 58.0 Å². The molecule has 0 aromatic heterocycles. The summed E-state index contributed by atoms with van der Waals surface area (Å²) in [4.78, 5) is 37.6. The van der Waals surface area contributed by atoms with Gasteiger partial charge in [-0.3, -0.25) is 14.9 Å². The number of hydrogen-bond acceptors (Lipinski definition) is 8. The number of carbonyl (C=O) groups is 3. The molecule has 0 amide bonds. The van der Waals surface area contributed by atoms with Gasteiger partial charge in [0, 0.05) is 36.3 Å². The summed E-state index contributed by atoms with van der Waals surface area (Å²) in [5.41, 5.74) is 1.27. The second-order valence-corrected chi connectivity index (χ2v) is 9.06. The number of carboxylic acid groups (broad SMARTS) is 3. The Labute approximate surface area is 247 Å². The standard InChI is InChI=1S/C12H16O5.C11H9NO4.C4H5BrF2O2/c1-3-10(12(14)15)17-9-5-4-8(7-13)11(6-9)16-2;13-11(14)7-2-1-4-9-5-3-6-10(8-9)12(15)16;5-4(6,7)2-1-3(8)9/h4-6,10,13H,3,7H2,1-2H3,(H,14,15);1-8H,(H,13,14);1-2H2,(H,8,9). The average molecular weight is 662 g/mol. The smallest absolute Gasteiger partial charge is 0.344 e. The molecule has 1 atom stereocenters. The van der Waals surface area contributed by atoms with Gasteiger partial charge < -0.3 is 29.9 Å². The first-order chi connectivity index (χ1) is 19.6. The zero-order valence-electron chi connectivity index (χ0n) is 22.5. The molecule has 4 N–H and O–H groups in total.